The van der Waals surface area contributed by atoms with E-state index >= 15 is 0 Å². The molecule has 0 aliphatic rings. The van der Waals surface area contributed by atoms with Crippen LogP contribution >= 0.6 is 11.6 Å². The first-order valence-electron chi connectivity index (χ1n) is 7.64. The highest BCUT2D eigenvalue weighted by Gasteiger charge is 2.25. The van der Waals surface area contributed by atoms with E-state index in [-0.39, 0.29) is 17.1 Å². The van der Waals surface area contributed by atoms with E-state index in [2.05, 4.69) is 0 Å². The summed E-state index contributed by atoms with van der Waals surface area (Å²) in [4.78, 5) is 0.0215. The fraction of sp³-hybridized carbons (Fsp3) is 0.0526. The number of anilines is 1. The van der Waals surface area contributed by atoms with Crippen molar-refractivity contribution in [1.29, 1.82) is 0 Å². The van der Waals surface area contributed by atoms with E-state index in [1.165, 1.54) is 66.7 Å². The molecule has 0 fully saturated rings. The molecule has 0 aliphatic carbocycles. The SMILES string of the molecule is O=S(=O)(c1ccc(Cl)cc1)N(Cc1ccc(F)cc1)c1cccc(F)c1. The van der Waals surface area contributed by atoms with Gasteiger partial charge in [-0.15, -0.1) is 0 Å². The normalized spacial score (nSPS) is 11.3. The van der Waals surface area contributed by atoms with Crippen LogP contribution in [0.15, 0.2) is 77.7 Å². The van der Waals surface area contributed by atoms with Crippen LogP contribution in [-0.4, -0.2) is 8.42 Å². The Bertz CT molecular complexity index is 1010. The Morgan fingerprint density at radius 2 is 1.50 bits per heavy atom. The van der Waals surface area contributed by atoms with Gasteiger partial charge in [0.2, 0.25) is 0 Å². The van der Waals surface area contributed by atoms with Crippen molar-refractivity contribution in [2.45, 2.75) is 11.4 Å². The van der Waals surface area contributed by atoms with Gasteiger partial charge in [-0.2, -0.15) is 0 Å². The topological polar surface area (TPSA) is 37.4 Å². The summed E-state index contributed by atoms with van der Waals surface area (Å²) in [7, 11) is -3.98. The Balaban J connectivity index is 2.07. The van der Waals surface area contributed by atoms with E-state index in [0.717, 1.165) is 10.4 Å². The molecular formula is C19H14ClF2NO2S. The van der Waals surface area contributed by atoms with E-state index in [0.29, 0.717) is 10.6 Å². The van der Waals surface area contributed by atoms with Gasteiger partial charge < -0.3 is 0 Å². The highest BCUT2D eigenvalue weighted by Crippen LogP contribution is 2.27. The molecule has 0 spiro atoms. The molecule has 0 aliphatic heterocycles. The van der Waals surface area contributed by atoms with Gasteiger partial charge in [-0.25, -0.2) is 17.2 Å². The summed E-state index contributed by atoms with van der Waals surface area (Å²) in [6.45, 7) is -0.0747. The average molecular weight is 394 g/mol. The molecule has 3 aromatic carbocycles. The minimum Gasteiger partial charge on any atom is -0.262 e. The van der Waals surface area contributed by atoms with E-state index in [1.807, 2.05) is 0 Å². The lowest BCUT2D eigenvalue weighted by Crippen LogP contribution is -2.30. The summed E-state index contributed by atoms with van der Waals surface area (Å²) < 4.78 is 54.1. The van der Waals surface area contributed by atoms with E-state index in [4.69, 9.17) is 11.6 Å². The lowest BCUT2D eigenvalue weighted by atomic mass is 10.2. The maximum atomic E-state index is 13.7. The zero-order chi connectivity index (χ0) is 18.7. The third-order valence-corrected chi connectivity index (χ3v) is 5.78. The Morgan fingerprint density at radius 3 is 2.12 bits per heavy atom. The molecule has 0 aromatic heterocycles. The largest absolute Gasteiger partial charge is 0.264 e. The minimum atomic E-state index is -3.98. The average Bonchev–Trinajstić information content (AvgIpc) is 2.61. The second kappa shape index (κ2) is 7.43. The second-order valence-electron chi connectivity index (χ2n) is 5.57. The monoisotopic (exact) mass is 393 g/mol. The first-order valence-corrected chi connectivity index (χ1v) is 9.46. The van der Waals surface area contributed by atoms with Gasteiger partial charge in [0.05, 0.1) is 17.1 Å². The van der Waals surface area contributed by atoms with Crippen LogP contribution in [0.2, 0.25) is 5.02 Å². The number of rotatable bonds is 5. The predicted octanol–water partition coefficient (Wildman–Crippen LogP) is 5.01. The van der Waals surface area contributed by atoms with Gasteiger partial charge >= 0.3 is 0 Å². The number of hydrogen-bond donors (Lipinski definition) is 0. The van der Waals surface area contributed by atoms with Gasteiger partial charge in [0.25, 0.3) is 10.0 Å². The summed E-state index contributed by atoms with van der Waals surface area (Å²) in [5.41, 5.74) is 0.734. The fourth-order valence-electron chi connectivity index (χ4n) is 2.44. The van der Waals surface area contributed by atoms with Crippen molar-refractivity contribution in [3.63, 3.8) is 0 Å². The maximum absolute atomic E-state index is 13.7. The minimum absolute atomic E-state index is 0.0215. The molecule has 0 saturated heterocycles. The van der Waals surface area contributed by atoms with Crippen molar-refractivity contribution in [2.24, 2.45) is 0 Å². The van der Waals surface area contributed by atoms with Crippen molar-refractivity contribution in [1.82, 2.24) is 0 Å². The second-order valence-corrected chi connectivity index (χ2v) is 7.87. The highest BCUT2D eigenvalue weighted by molar-refractivity contribution is 7.92. The molecule has 0 unspecified atom stereocenters. The number of benzene rings is 3. The predicted molar refractivity (Wildman–Crippen MR) is 97.6 cm³/mol. The standard InChI is InChI=1S/C19H14ClF2NO2S/c20-15-6-10-19(11-7-15)26(24,25)23(18-3-1-2-17(22)12-18)13-14-4-8-16(21)9-5-14/h1-12H,13H2. The molecule has 134 valence electrons. The summed E-state index contributed by atoms with van der Waals surface area (Å²) in [5.74, 6) is -0.982. The van der Waals surface area contributed by atoms with Crippen LogP contribution in [0.25, 0.3) is 0 Å². The zero-order valence-electron chi connectivity index (χ0n) is 13.4. The number of nitrogens with zero attached hydrogens (tertiary/aromatic N) is 1. The highest BCUT2D eigenvalue weighted by atomic mass is 35.5. The Morgan fingerprint density at radius 1 is 0.846 bits per heavy atom. The Hall–Kier alpha value is -2.44. The van der Waals surface area contributed by atoms with Crippen LogP contribution in [0.1, 0.15) is 5.56 Å². The third-order valence-electron chi connectivity index (χ3n) is 3.74. The molecule has 0 radical (unpaired) electrons. The zero-order valence-corrected chi connectivity index (χ0v) is 15.0. The van der Waals surface area contributed by atoms with Gasteiger partial charge in [0, 0.05) is 5.02 Å². The molecule has 7 heteroatoms. The van der Waals surface area contributed by atoms with E-state index < -0.39 is 21.7 Å². The molecular weight excluding hydrogens is 380 g/mol. The molecule has 3 aromatic rings. The van der Waals surface area contributed by atoms with Crippen molar-refractivity contribution in [2.75, 3.05) is 4.31 Å². The van der Waals surface area contributed by atoms with E-state index in [9.17, 15) is 17.2 Å². The third kappa shape index (κ3) is 4.03. The van der Waals surface area contributed by atoms with Crippen molar-refractivity contribution in [3.8, 4) is 0 Å². The summed E-state index contributed by atoms with van der Waals surface area (Å²) in [6.07, 6.45) is 0. The van der Waals surface area contributed by atoms with Gasteiger partial charge in [0.1, 0.15) is 11.6 Å². The maximum Gasteiger partial charge on any atom is 0.264 e. The van der Waals surface area contributed by atoms with Crippen LogP contribution in [0.5, 0.6) is 0 Å². The lowest BCUT2D eigenvalue weighted by Gasteiger charge is -2.25. The molecule has 3 rings (SSSR count). The van der Waals surface area contributed by atoms with Crippen LogP contribution in [0.4, 0.5) is 14.5 Å². The van der Waals surface area contributed by atoms with E-state index in [1.54, 1.807) is 0 Å². The van der Waals surface area contributed by atoms with Gasteiger partial charge in [0.15, 0.2) is 0 Å². The molecule has 0 bridgehead atoms. The quantitative estimate of drug-likeness (QED) is 0.610. The fourth-order valence-corrected chi connectivity index (χ4v) is 4.01. The first kappa shape index (κ1) is 18.4. The van der Waals surface area contributed by atoms with Crippen LogP contribution < -0.4 is 4.31 Å². The van der Waals surface area contributed by atoms with Gasteiger partial charge in [-0.3, -0.25) is 4.31 Å². The van der Waals surface area contributed by atoms with Crippen molar-refractivity contribution >= 4 is 27.3 Å². The Kier molecular flexibility index (Phi) is 5.25. The number of sulfonamides is 1. The molecule has 26 heavy (non-hydrogen) atoms. The molecule has 0 saturated carbocycles. The number of halogens is 3. The summed E-state index contributed by atoms with van der Waals surface area (Å²) >= 11 is 5.83. The molecule has 0 N–H and O–H groups in total. The molecule has 0 heterocycles. The van der Waals surface area contributed by atoms with Crippen LogP contribution in [0.3, 0.4) is 0 Å². The Labute approximate surface area is 155 Å². The lowest BCUT2D eigenvalue weighted by molar-refractivity contribution is 0.590. The van der Waals surface area contributed by atoms with Crippen molar-refractivity contribution in [3.05, 3.63) is 95.0 Å². The molecule has 0 amide bonds. The first-order chi connectivity index (χ1) is 12.4. The van der Waals surface area contributed by atoms with Crippen LogP contribution in [-0.2, 0) is 16.6 Å². The summed E-state index contributed by atoms with van der Waals surface area (Å²) in [5, 5.41) is 0.403. The summed E-state index contributed by atoms with van der Waals surface area (Å²) in [6, 6.07) is 16.5. The molecule has 3 nitrogen and oxygen atoms in total. The smallest absolute Gasteiger partial charge is 0.262 e. The van der Waals surface area contributed by atoms with Gasteiger partial charge in [-0.1, -0.05) is 29.8 Å². The van der Waals surface area contributed by atoms with Gasteiger partial charge in [-0.05, 0) is 60.2 Å². The molecule has 0 atom stereocenters. The van der Waals surface area contributed by atoms with Crippen molar-refractivity contribution < 1.29 is 17.2 Å². The number of hydrogen-bond acceptors (Lipinski definition) is 2. The van der Waals surface area contributed by atoms with Crippen LogP contribution in [0, 0.1) is 11.6 Å².